The second kappa shape index (κ2) is 8.86. The van der Waals surface area contributed by atoms with Crippen LogP contribution in [0, 0.1) is 5.92 Å². The summed E-state index contributed by atoms with van der Waals surface area (Å²) in [5.41, 5.74) is 7.13. The number of thiophene rings is 1. The topological polar surface area (TPSA) is 110 Å². The van der Waals surface area contributed by atoms with Crippen LogP contribution in [-0.4, -0.2) is 34.6 Å². The number of nitrogens with one attached hydrogen (secondary N) is 1. The Balaban J connectivity index is 1.69. The van der Waals surface area contributed by atoms with Crippen LogP contribution in [-0.2, 0) is 27.3 Å². The molecule has 4 amide bonds. The number of nitrogens with zero attached hydrogens (tertiary/aromatic N) is 1. The minimum Gasteiger partial charge on any atom is -0.369 e. The van der Waals surface area contributed by atoms with Crippen LogP contribution in [0.15, 0.2) is 5.38 Å². The van der Waals surface area contributed by atoms with Crippen molar-refractivity contribution in [1.29, 1.82) is 0 Å². The number of fused-ring (bicyclic) bond motifs is 1. The summed E-state index contributed by atoms with van der Waals surface area (Å²) in [7, 11) is 0. The van der Waals surface area contributed by atoms with Gasteiger partial charge in [-0.3, -0.25) is 24.5 Å². The first-order valence-electron chi connectivity index (χ1n) is 9.95. The van der Waals surface area contributed by atoms with E-state index in [9.17, 15) is 19.2 Å². The number of imide groups is 1. The van der Waals surface area contributed by atoms with Gasteiger partial charge in [-0.1, -0.05) is 32.6 Å². The van der Waals surface area contributed by atoms with Gasteiger partial charge in [-0.2, -0.15) is 0 Å². The van der Waals surface area contributed by atoms with E-state index in [0.717, 1.165) is 42.5 Å². The Morgan fingerprint density at radius 3 is 2.79 bits per heavy atom. The van der Waals surface area contributed by atoms with Crippen molar-refractivity contribution in [3.05, 3.63) is 21.4 Å². The lowest BCUT2D eigenvalue weighted by Gasteiger charge is -2.29. The lowest BCUT2D eigenvalue weighted by molar-refractivity contribution is -0.137. The monoisotopic (exact) mass is 405 g/mol. The number of piperidine rings is 1. The maximum Gasteiger partial charge on any atom is 0.256 e. The zero-order chi connectivity index (χ0) is 20.3. The molecular formula is C20H27N3O4S. The molecule has 1 saturated heterocycles. The van der Waals surface area contributed by atoms with Crippen molar-refractivity contribution in [3.8, 4) is 0 Å². The van der Waals surface area contributed by atoms with Crippen LogP contribution in [0.2, 0.25) is 0 Å². The van der Waals surface area contributed by atoms with E-state index in [1.807, 2.05) is 5.38 Å². The molecule has 0 radical (unpaired) electrons. The molecule has 0 bridgehead atoms. The third-order valence-electron chi connectivity index (χ3n) is 5.63. The minimum atomic E-state index is -0.614. The average Bonchev–Trinajstić information content (AvgIpc) is 3.18. The Morgan fingerprint density at radius 1 is 1.32 bits per heavy atom. The molecule has 3 rings (SSSR count). The van der Waals surface area contributed by atoms with Crippen molar-refractivity contribution in [2.75, 3.05) is 0 Å². The number of rotatable bonds is 9. The molecule has 1 aromatic rings. The Kier molecular flexibility index (Phi) is 6.49. The van der Waals surface area contributed by atoms with Gasteiger partial charge in [-0.15, -0.1) is 11.3 Å². The highest BCUT2D eigenvalue weighted by molar-refractivity contribution is 7.10. The molecular weight excluding hydrogens is 378 g/mol. The van der Waals surface area contributed by atoms with Crippen molar-refractivity contribution >= 4 is 35.0 Å². The van der Waals surface area contributed by atoms with Gasteiger partial charge in [0.1, 0.15) is 6.04 Å². The van der Waals surface area contributed by atoms with E-state index in [2.05, 4.69) is 12.2 Å². The smallest absolute Gasteiger partial charge is 0.256 e. The molecule has 2 aliphatic rings. The van der Waals surface area contributed by atoms with Crippen molar-refractivity contribution in [2.45, 2.75) is 70.9 Å². The molecule has 0 aliphatic carbocycles. The van der Waals surface area contributed by atoms with E-state index in [1.54, 1.807) is 4.90 Å². The number of hydrogen-bond acceptors (Lipinski definition) is 5. The molecule has 152 valence electrons. The fraction of sp³-hybridized carbons (Fsp3) is 0.600. The van der Waals surface area contributed by atoms with E-state index in [4.69, 9.17) is 5.73 Å². The normalized spacial score (nSPS) is 20.2. The van der Waals surface area contributed by atoms with Gasteiger partial charge in [0.15, 0.2) is 0 Å². The van der Waals surface area contributed by atoms with E-state index in [0.29, 0.717) is 24.9 Å². The first kappa shape index (κ1) is 20.5. The molecule has 2 unspecified atom stereocenters. The van der Waals surface area contributed by atoms with E-state index in [1.165, 1.54) is 11.3 Å². The van der Waals surface area contributed by atoms with Crippen LogP contribution in [0.3, 0.4) is 0 Å². The molecule has 8 heteroatoms. The molecule has 3 N–H and O–H groups in total. The average molecular weight is 406 g/mol. The van der Waals surface area contributed by atoms with Crippen LogP contribution in [0.1, 0.15) is 72.7 Å². The summed E-state index contributed by atoms with van der Waals surface area (Å²) in [4.78, 5) is 50.7. The first-order chi connectivity index (χ1) is 13.4. The number of hydrogen-bond donors (Lipinski definition) is 2. The third kappa shape index (κ3) is 4.27. The number of primary amides is 1. The zero-order valence-corrected chi connectivity index (χ0v) is 17.0. The largest absolute Gasteiger partial charge is 0.369 e. The molecule has 1 fully saturated rings. The van der Waals surface area contributed by atoms with Gasteiger partial charge < -0.3 is 10.6 Å². The van der Waals surface area contributed by atoms with E-state index in [-0.39, 0.29) is 30.1 Å². The van der Waals surface area contributed by atoms with Crippen molar-refractivity contribution in [3.63, 3.8) is 0 Å². The Labute approximate surface area is 168 Å². The van der Waals surface area contributed by atoms with Gasteiger partial charge in [0.2, 0.25) is 17.7 Å². The van der Waals surface area contributed by atoms with Gasteiger partial charge >= 0.3 is 0 Å². The molecule has 28 heavy (non-hydrogen) atoms. The molecule has 1 aromatic heterocycles. The first-order valence-corrected chi connectivity index (χ1v) is 10.8. The highest BCUT2D eigenvalue weighted by Crippen LogP contribution is 2.35. The maximum absolute atomic E-state index is 12.8. The van der Waals surface area contributed by atoms with Crippen LogP contribution in [0.5, 0.6) is 0 Å². The lowest BCUT2D eigenvalue weighted by atomic mass is 9.94. The summed E-state index contributed by atoms with van der Waals surface area (Å²) < 4.78 is 0. The van der Waals surface area contributed by atoms with E-state index < -0.39 is 11.9 Å². The van der Waals surface area contributed by atoms with Crippen molar-refractivity contribution < 1.29 is 19.2 Å². The summed E-state index contributed by atoms with van der Waals surface area (Å²) in [6.07, 6.45) is 6.22. The molecule has 0 saturated carbocycles. The molecule has 2 aliphatic heterocycles. The van der Waals surface area contributed by atoms with Crippen LogP contribution < -0.4 is 11.1 Å². The van der Waals surface area contributed by atoms with Crippen LogP contribution in [0.4, 0.5) is 0 Å². The molecule has 3 heterocycles. The second-order valence-corrected chi connectivity index (χ2v) is 8.57. The van der Waals surface area contributed by atoms with Gasteiger partial charge in [0.05, 0.1) is 5.56 Å². The standard InChI is InChI=1S/C20H27N3O4S/c1-2-3-4-5-6-12(18(21)25)9-16-13-10-23(20(27)14(13)11-28-16)15-7-8-17(24)22-19(15)26/h11-12,15H,2-10H2,1H3,(H2,21,25)(H,22,24,26). The summed E-state index contributed by atoms with van der Waals surface area (Å²) in [6.45, 7) is 2.49. The highest BCUT2D eigenvalue weighted by Gasteiger charge is 2.40. The number of carbonyl (C=O) groups is 4. The van der Waals surface area contributed by atoms with Crippen LogP contribution in [0.25, 0.3) is 0 Å². The fourth-order valence-corrected chi connectivity index (χ4v) is 5.08. The summed E-state index contributed by atoms with van der Waals surface area (Å²) in [5, 5.41) is 4.12. The van der Waals surface area contributed by atoms with Crippen molar-refractivity contribution in [2.24, 2.45) is 11.7 Å². The lowest BCUT2D eigenvalue weighted by Crippen LogP contribution is -2.52. The third-order valence-corrected chi connectivity index (χ3v) is 6.68. The minimum absolute atomic E-state index is 0.175. The summed E-state index contributed by atoms with van der Waals surface area (Å²) in [5.74, 6) is -1.42. The van der Waals surface area contributed by atoms with Gasteiger partial charge in [-0.25, -0.2) is 0 Å². The summed E-state index contributed by atoms with van der Waals surface area (Å²) >= 11 is 1.49. The Hall–Kier alpha value is -2.22. The Morgan fingerprint density at radius 2 is 2.11 bits per heavy atom. The number of nitrogens with two attached hydrogens (primary N) is 1. The second-order valence-electron chi connectivity index (χ2n) is 7.60. The van der Waals surface area contributed by atoms with Gasteiger partial charge in [0.25, 0.3) is 5.91 Å². The van der Waals surface area contributed by atoms with E-state index >= 15 is 0 Å². The van der Waals surface area contributed by atoms with Gasteiger partial charge in [-0.05, 0) is 24.8 Å². The summed E-state index contributed by atoms with van der Waals surface area (Å²) in [6, 6.07) is -0.614. The molecule has 2 atom stereocenters. The maximum atomic E-state index is 12.8. The SMILES string of the molecule is CCCCCCC(Cc1scc2c1CN(C1CCC(=O)NC1=O)C2=O)C(N)=O. The number of unbranched alkanes of at least 4 members (excludes halogenated alkanes) is 3. The molecule has 0 aromatic carbocycles. The van der Waals surface area contributed by atoms with Crippen molar-refractivity contribution in [1.82, 2.24) is 10.2 Å². The zero-order valence-electron chi connectivity index (χ0n) is 16.2. The fourth-order valence-electron chi connectivity index (χ4n) is 3.96. The number of amides is 4. The quantitative estimate of drug-likeness (QED) is 0.484. The number of carbonyl (C=O) groups excluding carboxylic acids is 4. The predicted molar refractivity (Wildman–Crippen MR) is 106 cm³/mol. The molecule has 0 spiro atoms. The van der Waals surface area contributed by atoms with Gasteiger partial charge in [0, 0.05) is 29.1 Å². The molecule has 7 nitrogen and oxygen atoms in total. The highest BCUT2D eigenvalue weighted by atomic mass is 32.1. The van der Waals surface area contributed by atoms with Crippen LogP contribution >= 0.6 is 11.3 Å². The Bertz CT molecular complexity index is 788. The predicted octanol–water partition coefficient (Wildman–Crippen LogP) is 2.12.